The molecule has 1 spiro atoms. The summed E-state index contributed by atoms with van der Waals surface area (Å²) in [5.74, 6) is 1.07. The normalized spacial score (nSPS) is 30.5. The van der Waals surface area contributed by atoms with Crippen LogP contribution in [0.15, 0.2) is 24.3 Å². The van der Waals surface area contributed by atoms with Crippen LogP contribution in [-0.4, -0.2) is 13.2 Å². The van der Waals surface area contributed by atoms with Crippen molar-refractivity contribution in [3.05, 3.63) is 29.8 Å². The van der Waals surface area contributed by atoms with Crippen LogP contribution < -0.4 is 10.1 Å². The first-order chi connectivity index (χ1) is 6.41. The fourth-order valence-corrected chi connectivity index (χ4v) is 2.33. The van der Waals surface area contributed by atoms with Crippen molar-refractivity contribution in [1.82, 2.24) is 5.32 Å². The van der Waals surface area contributed by atoms with E-state index in [4.69, 9.17) is 4.74 Å². The molecule has 2 nitrogen and oxygen atoms in total. The molecule has 1 aromatic carbocycles. The average molecular weight is 175 g/mol. The lowest BCUT2D eigenvalue weighted by Crippen LogP contribution is -2.56. The maximum atomic E-state index is 5.61. The summed E-state index contributed by atoms with van der Waals surface area (Å²) in [6.07, 6.45) is 2.37. The van der Waals surface area contributed by atoms with Crippen molar-refractivity contribution in [3.63, 3.8) is 0 Å². The second kappa shape index (κ2) is 2.48. The van der Waals surface area contributed by atoms with Crippen LogP contribution in [0.1, 0.15) is 18.4 Å². The molecule has 68 valence electrons. The van der Waals surface area contributed by atoms with E-state index in [9.17, 15) is 0 Å². The molecule has 0 amide bonds. The predicted octanol–water partition coefficient (Wildman–Crippen LogP) is 1.66. The summed E-state index contributed by atoms with van der Waals surface area (Å²) in [7, 11) is 0. The molecule has 1 atom stereocenters. The zero-order valence-corrected chi connectivity index (χ0v) is 7.55. The third kappa shape index (κ3) is 0.923. The van der Waals surface area contributed by atoms with Gasteiger partial charge in [-0.1, -0.05) is 18.2 Å². The van der Waals surface area contributed by atoms with Crippen molar-refractivity contribution in [2.75, 3.05) is 13.2 Å². The van der Waals surface area contributed by atoms with E-state index in [-0.39, 0.29) is 5.54 Å². The van der Waals surface area contributed by atoms with Gasteiger partial charge < -0.3 is 10.1 Å². The van der Waals surface area contributed by atoms with Gasteiger partial charge in [0.1, 0.15) is 5.75 Å². The Morgan fingerprint density at radius 3 is 2.85 bits per heavy atom. The SMILES string of the molecule is c1ccc2c(c1)OCC[C@]21CCN1. The molecule has 2 heteroatoms. The van der Waals surface area contributed by atoms with Gasteiger partial charge in [-0.3, -0.25) is 0 Å². The summed E-state index contributed by atoms with van der Waals surface area (Å²) in [4.78, 5) is 0. The number of hydrogen-bond acceptors (Lipinski definition) is 2. The maximum Gasteiger partial charge on any atom is 0.124 e. The quantitative estimate of drug-likeness (QED) is 0.647. The topological polar surface area (TPSA) is 21.3 Å². The number of rotatable bonds is 0. The van der Waals surface area contributed by atoms with Crippen LogP contribution in [0.4, 0.5) is 0 Å². The first-order valence-electron chi connectivity index (χ1n) is 4.88. The van der Waals surface area contributed by atoms with E-state index in [0.717, 1.165) is 25.3 Å². The summed E-state index contributed by atoms with van der Waals surface area (Å²) in [5.41, 5.74) is 1.61. The summed E-state index contributed by atoms with van der Waals surface area (Å²) >= 11 is 0. The molecule has 0 radical (unpaired) electrons. The van der Waals surface area contributed by atoms with Crippen molar-refractivity contribution in [2.45, 2.75) is 18.4 Å². The van der Waals surface area contributed by atoms with Crippen molar-refractivity contribution in [1.29, 1.82) is 0 Å². The zero-order valence-electron chi connectivity index (χ0n) is 7.55. The first kappa shape index (κ1) is 7.39. The highest BCUT2D eigenvalue weighted by molar-refractivity contribution is 5.42. The number of ether oxygens (including phenoxy) is 1. The Labute approximate surface area is 77.9 Å². The highest BCUT2D eigenvalue weighted by Crippen LogP contribution is 2.42. The van der Waals surface area contributed by atoms with Gasteiger partial charge in [-0.25, -0.2) is 0 Å². The van der Waals surface area contributed by atoms with E-state index in [2.05, 4.69) is 23.5 Å². The van der Waals surface area contributed by atoms with E-state index in [1.165, 1.54) is 12.0 Å². The molecular weight excluding hydrogens is 162 g/mol. The van der Waals surface area contributed by atoms with Crippen molar-refractivity contribution < 1.29 is 4.74 Å². The van der Waals surface area contributed by atoms with Crippen molar-refractivity contribution in [2.24, 2.45) is 0 Å². The van der Waals surface area contributed by atoms with Crippen LogP contribution in [0.2, 0.25) is 0 Å². The van der Waals surface area contributed by atoms with Gasteiger partial charge >= 0.3 is 0 Å². The van der Waals surface area contributed by atoms with Gasteiger partial charge in [0.05, 0.1) is 12.1 Å². The zero-order chi connectivity index (χ0) is 8.73. The molecular formula is C11H13NO. The standard InChI is InChI=1S/C11H13NO/c1-2-4-10-9(3-1)11(5-7-12-11)6-8-13-10/h1-4,12H,5-8H2/t11-/m1/s1. The third-order valence-electron chi connectivity index (χ3n) is 3.20. The van der Waals surface area contributed by atoms with Crippen LogP contribution in [0.25, 0.3) is 0 Å². The summed E-state index contributed by atoms with van der Waals surface area (Å²) in [6.45, 7) is 2.00. The summed E-state index contributed by atoms with van der Waals surface area (Å²) < 4.78 is 5.61. The fourth-order valence-electron chi connectivity index (χ4n) is 2.33. The lowest BCUT2D eigenvalue weighted by Gasteiger charge is -2.46. The smallest absolute Gasteiger partial charge is 0.124 e. The Morgan fingerprint density at radius 2 is 2.08 bits per heavy atom. The molecule has 1 aromatic rings. The molecule has 2 heterocycles. The Balaban J connectivity index is 2.11. The van der Waals surface area contributed by atoms with Crippen LogP contribution >= 0.6 is 0 Å². The molecule has 0 saturated carbocycles. The van der Waals surface area contributed by atoms with Gasteiger partial charge in [0.25, 0.3) is 0 Å². The van der Waals surface area contributed by atoms with E-state index in [1.807, 2.05) is 6.07 Å². The monoisotopic (exact) mass is 175 g/mol. The number of para-hydroxylation sites is 1. The van der Waals surface area contributed by atoms with Crippen LogP contribution in [0.5, 0.6) is 5.75 Å². The second-order valence-corrected chi connectivity index (χ2v) is 3.85. The number of nitrogens with one attached hydrogen (secondary N) is 1. The first-order valence-corrected chi connectivity index (χ1v) is 4.88. The molecule has 0 unspecified atom stereocenters. The molecule has 1 N–H and O–H groups in total. The molecule has 0 aromatic heterocycles. The Hall–Kier alpha value is -1.02. The van der Waals surface area contributed by atoms with E-state index >= 15 is 0 Å². The average Bonchev–Trinajstić information content (AvgIpc) is 2.14. The number of fused-ring (bicyclic) bond motifs is 2. The molecule has 2 aliphatic heterocycles. The lowest BCUT2D eigenvalue weighted by atomic mass is 9.77. The van der Waals surface area contributed by atoms with Crippen molar-refractivity contribution in [3.8, 4) is 5.75 Å². The third-order valence-corrected chi connectivity index (χ3v) is 3.20. The minimum Gasteiger partial charge on any atom is -0.493 e. The van der Waals surface area contributed by atoms with E-state index in [0.29, 0.717) is 0 Å². The Bertz CT molecular complexity index is 331. The van der Waals surface area contributed by atoms with Gasteiger partial charge in [-0.2, -0.15) is 0 Å². The number of hydrogen-bond donors (Lipinski definition) is 1. The van der Waals surface area contributed by atoms with Gasteiger partial charge in [-0.15, -0.1) is 0 Å². The van der Waals surface area contributed by atoms with Gasteiger partial charge in [-0.05, 0) is 19.0 Å². The lowest BCUT2D eigenvalue weighted by molar-refractivity contribution is 0.122. The number of benzene rings is 1. The fraction of sp³-hybridized carbons (Fsp3) is 0.455. The highest BCUT2D eigenvalue weighted by Gasteiger charge is 2.42. The highest BCUT2D eigenvalue weighted by atomic mass is 16.5. The minimum atomic E-state index is 0.259. The van der Waals surface area contributed by atoms with Crippen LogP contribution in [-0.2, 0) is 5.54 Å². The van der Waals surface area contributed by atoms with Crippen LogP contribution in [0.3, 0.4) is 0 Å². The molecule has 0 bridgehead atoms. The molecule has 1 fully saturated rings. The molecule has 1 saturated heterocycles. The molecule has 0 aliphatic carbocycles. The van der Waals surface area contributed by atoms with Crippen LogP contribution in [0, 0.1) is 0 Å². The predicted molar refractivity (Wildman–Crippen MR) is 50.9 cm³/mol. The maximum absolute atomic E-state index is 5.61. The van der Waals surface area contributed by atoms with E-state index in [1.54, 1.807) is 0 Å². The summed E-state index contributed by atoms with van der Waals surface area (Å²) in [6, 6.07) is 8.38. The minimum absolute atomic E-state index is 0.259. The molecule has 2 aliphatic rings. The second-order valence-electron chi connectivity index (χ2n) is 3.85. The van der Waals surface area contributed by atoms with E-state index < -0.39 is 0 Å². The summed E-state index contributed by atoms with van der Waals surface area (Å²) in [5, 5.41) is 3.54. The van der Waals surface area contributed by atoms with Gasteiger partial charge in [0, 0.05) is 12.0 Å². The van der Waals surface area contributed by atoms with Crippen molar-refractivity contribution >= 4 is 0 Å². The van der Waals surface area contributed by atoms with Gasteiger partial charge in [0.2, 0.25) is 0 Å². The largest absolute Gasteiger partial charge is 0.493 e. The Kier molecular flexibility index (Phi) is 1.41. The Morgan fingerprint density at radius 1 is 1.23 bits per heavy atom. The molecule has 13 heavy (non-hydrogen) atoms. The molecule has 3 rings (SSSR count). The van der Waals surface area contributed by atoms with Gasteiger partial charge in [0.15, 0.2) is 0 Å².